The number of carbonyl (C=O) groups excluding carboxylic acids is 2. The smallest absolute Gasteiger partial charge is 0.409 e. The predicted octanol–water partition coefficient (Wildman–Crippen LogP) is 4.46. The van der Waals surface area contributed by atoms with Crippen LogP contribution in [0.2, 0.25) is 0 Å². The van der Waals surface area contributed by atoms with E-state index in [9.17, 15) is 9.59 Å². The Balaban J connectivity index is 1.76. The Hall–Kier alpha value is -2.58. The van der Waals surface area contributed by atoms with Crippen LogP contribution in [0.15, 0.2) is 24.3 Å². The molecule has 1 N–H and O–H groups in total. The lowest BCUT2D eigenvalue weighted by Crippen LogP contribution is -2.50. The molecule has 2 aromatic rings. The lowest BCUT2D eigenvalue weighted by atomic mass is 9.88. The highest BCUT2D eigenvalue weighted by Gasteiger charge is 2.35. The summed E-state index contributed by atoms with van der Waals surface area (Å²) in [5.74, 6) is 0.778. The number of fused-ring (bicyclic) bond motifs is 1. The summed E-state index contributed by atoms with van der Waals surface area (Å²) in [5, 5.41) is 4.07. The van der Waals surface area contributed by atoms with Crippen molar-refractivity contribution in [1.82, 2.24) is 9.80 Å². The number of aryl methyl sites for hydroxylation is 1. The van der Waals surface area contributed by atoms with Gasteiger partial charge in [0.2, 0.25) is 5.91 Å². The van der Waals surface area contributed by atoms with Crippen LogP contribution in [-0.4, -0.2) is 61.7 Å². The van der Waals surface area contributed by atoms with E-state index in [2.05, 4.69) is 16.3 Å². The summed E-state index contributed by atoms with van der Waals surface area (Å²) in [6, 6.07) is 8.07. The molecule has 33 heavy (non-hydrogen) atoms. The van der Waals surface area contributed by atoms with E-state index in [0.29, 0.717) is 32.8 Å². The van der Waals surface area contributed by atoms with Crippen LogP contribution in [-0.2, 0) is 22.4 Å². The van der Waals surface area contributed by atoms with Crippen LogP contribution < -0.4 is 10.1 Å². The Morgan fingerprint density at radius 3 is 2.55 bits per heavy atom. The van der Waals surface area contributed by atoms with Crippen LogP contribution in [0, 0.1) is 0 Å². The minimum atomic E-state index is -0.252. The number of hydrogen-bond acceptors (Lipinski definition) is 6. The zero-order chi connectivity index (χ0) is 23.4. The molecule has 2 amide bonds. The number of nitrogens with one attached hydrogen (secondary N) is 1. The van der Waals surface area contributed by atoms with Crippen molar-refractivity contribution in [3.63, 3.8) is 0 Å². The van der Waals surface area contributed by atoms with E-state index in [4.69, 9.17) is 9.47 Å². The van der Waals surface area contributed by atoms with Gasteiger partial charge in [-0.1, -0.05) is 18.2 Å². The number of nitrogens with zero attached hydrogens (tertiary/aromatic N) is 2. The van der Waals surface area contributed by atoms with E-state index in [1.165, 1.54) is 22.4 Å². The van der Waals surface area contributed by atoms with Gasteiger partial charge in [0.1, 0.15) is 10.8 Å². The number of para-hydroxylation sites is 1. The quantitative estimate of drug-likeness (QED) is 0.674. The Morgan fingerprint density at radius 1 is 1.12 bits per heavy atom. The van der Waals surface area contributed by atoms with Gasteiger partial charge < -0.3 is 19.7 Å². The normalized spacial score (nSPS) is 17.2. The van der Waals surface area contributed by atoms with Gasteiger partial charge in [-0.25, -0.2) is 4.79 Å². The number of thiophene rings is 1. The third-order valence-electron chi connectivity index (χ3n) is 6.41. The number of anilines is 1. The second-order valence-electron chi connectivity index (χ2n) is 8.50. The lowest BCUT2D eigenvalue weighted by Gasteiger charge is -2.40. The van der Waals surface area contributed by atoms with Gasteiger partial charge in [0, 0.05) is 49.1 Å². The molecule has 8 heteroatoms. The van der Waals surface area contributed by atoms with Gasteiger partial charge in [-0.15, -0.1) is 11.3 Å². The summed E-state index contributed by atoms with van der Waals surface area (Å²) in [7, 11) is 1.70. The van der Waals surface area contributed by atoms with Gasteiger partial charge in [0.05, 0.1) is 19.8 Å². The molecule has 4 rings (SSSR count). The highest BCUT2D eigenvalue weighted by molar-refractivity contribution is 7.16. The zero-order valence-electron chi connectivity index (χ0n) is 19.7. The van der Waals surface area contributed by atoms with Crippen molar-refractivity contribution < 1.29 is 19.1 Å². The first-order valence-electron chi connectivity index (χ1n) is 11.7. The third-order valence-corrected chi connectivity index (χ3v) is 7.64. The fraction of sp³-hybridized carbons (Fsp3) is 0.520. The van der Waals surface area contributed by atoms with Gasteiger partial charge in [-0.3, -0.25) is 9.69 Å². The van der Waals surface area contributed by atoms with Gasteiger partial charge in [0.15, 0.2) is 0 Å². The van der Waals surface area contributed by atoms with Gasteiger partial charge in [-0.05, 0) is 44.2 Å². The van der Waals surface area contributed by atoms with Crippen molar-refractivity contribution in [2.45, 2.75) is 45.6 Å². The Kier molecular flexibility index (Phi) is 7.55. The van der Waals surface area contributed by atoms with Crippen LogP contribution >= 0.6 is 11.3 Å². The Morgan fingerprint density at radius 2 is 1.85 bits per heavy atom. The maximum absolute atomic E-state index is 12.3. The number of ether oxygens (including phenoxy) is 2. The molecule has 1 unspecified atom stereocenters. The van der Waals surface area contributed by atoms with Crippen molar-refractivity contribution in [3.8, 4) is 5.75 Å². The topological polar surface area (TPSA) is 71.1 Å². The molecular weight excluding hydrogens is 438 g/mol. The highest BCUT2D eigenvalue weighted by Crippen LogP contribution is 2.47. The van der Waals surface area contributed by atoms with Crippen molar-refractivity contribution >= 4 is 28.3 Å². The molecule has 2 heterocycles. The molecule has 1 atom stereocenters. The summed E-state index contributed by atoms with van der Waals surface area (Å²) < 4.78 is 11.0. The fourth-order valence-corrected chi connectivity index (χ4v) is 6.30. The Bertz CT molecular complexity index is 998. The summed E-state index contributed by atoms with van der Waals surface area (Å²) in [6.07, 6.45) is 4.17. The van der Waals surface area contributed by atoms with E-state index in [1.807, 2.05) is 25.1 Å². The first-order chi connectivity index (χ1) is 16.0. The molecule has 1 aromatic heterocycles. The summed E-state index contributed by atoms with van der Waals surface area (Å²) in [5.41, 5.74) is 3.65. The molecule has 1 aromatic carbocycles. The van der Waals surface area contributed by atoms with Gasteiger partial charge >= 0.3 is 6.09 Å². The minimum Gasteiger partial charge on any atom is -0.496 e. The van der Waals surface area contributed by atoms with Crippen LogP contribution in [0.4, 0.5) is 9.80 Å². The molecule has 1 aliphatic heterocycles. The van der Waals surface area contributed by atoms with Crippen molar-refractivity contribution in [3.05, 3.63) is 45.8 Å². The first kappa shape index (κ1) is 23.6. The number of rotatable bonds is 6. The summed E-state index contributed by atoms with van der Waals surface area (Å²) in [6.45, 7) is 6.41. The second kappa shape index (κ2) is 10.6. The van der Waals surface area contributed by atoms with E-state index in [0.717, 1.165) is 35.6 Å². The number of amides is 2. The van der Waals surface area contributed by atoms with Crippen molar-refractivity contribution in [2.24, 2.45) is 0 Å². The Labute approximate surface area is 199 Å². The van der Waals surface area contributed by atoms with E-state index in [-0.39, 0.29) is 18.0 Å². The number of carbonyl (C=O) groups is 2. The molecule has 2 aliphatic rings. The second-order valence-corrected chi connectivity index (χ2v) is 9.61. The molecule has 7 nitrogen and oxygen atoms in total. The van der Waals surface area contributed by atoms with Crippen LogP contribution in [0.25, 0.3) is 0 Å². The SMILES string of the molecule is CCOC(=O)N1CCN(C(c2ccccc2OC)c2c(NC(C)=O)sc3c2CCCC3)CC1. The number of hydrogen-bond donors (Lipinski definition) is 1. The highest BCUT2D eigenvalue weighted by atomic mass is 32.1. The van der Waals surface area contributed by atoms with Crippen LogP contribution in [0.1, 0.15) is 54.3 Å². The van der Waals surface area contributed by atoms with Crippen molar-refractivity contribution in [1.29, 1.82) is 0 Å². The van der Waals surface area contributed by atoms with Gasteiger partial charge in [0.25, 0.3) is 0 Å². The molecule has 1 saturated heterocycles. The summed E-state index contributed by atoms with van der Waals surface area (Å²) >= 11 is 1.72. The monoisotopic (exact) mass is 471 g/mol. The molecule has 0 spiro atoms. The average Bonchev–Trinajstić information content (AvgIpc) is 3.17. The fourth-order valence-electron chi connectivity index (χ4n) is 4.94. The largest absolute Gasteiger partial charge is 0.496 e. The first-order valence-corrected chi connectivity index (χ1v) is 12.6. The number of piperazine rings is 1. The molecule has 0 radical (unpaired) electrons. The zero-order valence-corrected chi connectivity index (χ0v) is 20.5. The molecule has 1 fully saturated rings. The molecular formula is C25H33N3O4S. The number of benzene rings is 1. The maximum Gasteiger partial charge on any atom is 0.409 e. The standard InChI is InChI=1S/C25H33N3O4S/c1-4-32-25(30)28-15-13-27(14-16-28)23(18-9-5-7-11-20(18)31-3)22-19-10-6-8-12-21(19)33-24(22)26-17(2)29/h5,7,9,11,23H,4,6,8,10,12-16H2,1-3H3,(H,26,29). The third kappa shape index (κ3) is 5.01. The van der Waals surface area contributed by atoms with Crippen LogP contribution in [0.3, 0.4) is 0 Å². The van der Waals surface area contributed by atoms with E-state index >= 15 is 0 Å². The number of methoxy groups -OCH3 is 1. The predicted molar refractivity (Wildman–Crippen MR) is 130 cm³/mol. The lowest BCUT2D eigenvalue weighted by molar-refractivity contribution is -0.114. The van der Waals surface area contributed by atoms with Crippen molar-refractivity contribution in [2.75, 3.05) is 45.2 Å². The molecule has 1 aliphatic carbocycles. The molecule has 178 valence electrons. The van der Waals surface area contributed by atoms with E-state index < -0.39 is 0 Å². The van der Waals surface area contributed by atoms with Gasteiger partial charge in [-0.2, -0.15) is 0 Å². The van der Waals surface area contributed by atoms with E-state index in [1.54, 1.807) is 30.3 Å². The average molecular weight is 472 g/mol. The van der Waals surface area contributed by atoms with Crippen LogP contribution in [0.5, 0.6) is 5.75 Å². The molecule has 0 bridgehead atoms. The molecule has 0 saturated carbocycles. The summed E-state index contributed by atoms with van der Waals surface area (Å²) in [4.78, 5) is 29.9. The minimum absolute atomic E-state index is 0.0549. The maximum atomic E-state index is 12.3.